The van der Waals surface area contributed by atoms with Crippen LogP contribution in [0, 0.1) is 0 Å². The predicted molar refractivity (Wildman–Crippen MR) is 83.1 cm³/mol. The average Bonchev–Trinajstić information content (AvgIpc) is 2.59. The zero-order valence-corrected chi connectivity index (χ0v) is 13.0. The van der Waals surface area contributed by atoms with Crippen LogP contribution in [-0.4, -0.2) is 33.1 Å². The molecular weight excluding hydrogens is 298 g/mol. The van der Waals surface area contributed by atoms with Crippen molar-refractivity contribution in [2.24, 2.45) is 0 Å². The van der Waals surface area contributed by atoms with E-state index in [-0.39, 0.29) is 11.3 Å². The first-order valence-electron chi connectivity index (χ1n) is 6.79. The number of nitrogens with zero attached hydrogens (tertiary/aromatic N) is 1. The van der Waals surface area contributed by atoms with Crippen molar-refractivity contribution >= 4 is 17.6 Å². The van der Waals surface area contributed by atoms with Crippen LogP contribution < -0.4 is 19.5 Å². The van der Waals surface area contributed by atoms with Gasteiger partial charge in [0.05, 0.1) is 25.9 Å². The van der Waals surface area contributed by atoms with Gasteiger partial charge in [0, 0.05) is 24.2 Å². The van der Waals surface area contributed by atoms with Crippen molar-refractivity contribution in [3.8, 4) is 11.5 Å². The van der Waals surface area contributed by atoms with Gasteiger partial charge < -0.3 is 24.3 Å². The van der Waals surface area contributed by atoms with E-state index in [1.807, 2.05) is 0 Å². The Bertz CT molecular complexity index is 719. The molecule has 2 rings (SSSR count). The van der Waals surface area contributed by atoms with E-state index >= 15 is 0 Å². The molecule has 0 aromatic heterocycles. The van der Waals surface area contributed by atoms with E-state index in [1.165, 1.54) is 32.2 Å². The number of anilines is 1. The zero-order valence-electron chi connectivity index (χ0n) is 13.0. The van der Waals surface area contributed by atoms with Crippen LogP contribution >= 0.6 is 0 Å². The summed E-state index contributed by atoms with van der Waals surface area (Å²) in [6, 6.07) is 10.9. The number of para-hydroxylation sites is 1. The lowest BCUT2D eigenvalue weighted by atomic mass is 10.1. The minimum absolute atomic E-state index is 0.0572. The Morgan fingerprint density at radius 2 is 1.57 bits per heavy atom. The third-order valence-corrected chi connectivity index (χ3v) is 3.39. The number of ether oxygens (including phenoxy) is 2. The fourth-order valence-corrected chi connectivity index (χ4v) is 2.17. The molecule has 0 spiro atoms. The Balaban J connectivity index is 2.43. The smallest absolute Gasteiger partial charge is 0.258 e. The molecule has 2 aromatic rings. The van der Waals surface area contributed by atoms with E-state index in [0.717, 1.165) is 0 Å². The van der Waals surface area contributed by atoms with Crippen LogP contribution in [-0.2, 0) is 0 Å². The van der Waals surface area contributed by atoms with E-state index in [2.05, 4.69) is 0 Å². The van der Waals surface area contributed by atoms with Crippen molar-refractivity contribution in [3.05, 3.63) is 53.6 Å². The van der Waals surface area contributed by atoms with Crippen LogP contribution in [0.4, 0.5) is 5.69 Å². The van der Waals surface area contributed by atoms with Crippen molar-refractivity contribution in [2.75, 3.05) is 26.2 Å². The Labute approximate surface area is 133 Å². The molecule has 0 atom stereocenters. The Hall–Kier alpha value is -3.02. The third-order valence-electron chi connectivity index (χ3n) is 3.39. The monoisotopic (exact) mass is 314 g/mol. The summed E-state index contributed by atoms with van der Waals surface area (Å²) < 4.78 is 10.3. The molecule has 0 saturated heterocycles. The number of carboxylic acid groups (broad SMARTS) is 1. The van der Waals surface area contributed by atoms with Crippen molar-refractivity contribution < 1.29 is 24.2 Å². The molecule has 23 heavy (non-hydrogen) atoms. The van der Waals surface area contributed by atoms with E-state index in [4.69, 9.17) is 9.47 Å². The van der Waals surface area contributed by atoms with E-state index in [9.17, 15) is 14.7 Å². The van der Waals surface area contributed by atoms with Crippen molar-refractivity contribution in [3.63, 3.8) is 0 Å². The Morgan fingerprint density at radius 3 is 2.09 bits per heavy atom. The van der Waals surface area contributed by atoms with Gasteiger partial charge in [0.15, 0.2) is 0 Å². The highest BCUT2D eigenvalue weighted by atomic mass is 16.5. The maximum absolute atomic E-state index is 12.7. The average molecular weight is 314 g/mol. The predicted octanol–water partition coefficient (Wildman–Crippen LogP) is 1.34. The molecule has 0 fully saturated rings. The zero-order chi connectivity index (χ0) is 17.0. The number of benzene rings is 2. The number of amides is 1. The second kappa shape index (κ2) is 6.83. The van der Waals surface area contributed by atoms with Crippen LogP contribution in [0.2, 0.25) is 0 Å². The number of carbonyl (C=O) groups is 2. The third kappa shape index (κ3) is 3.42. The minimum atomic E-state index is -1.34. The lowest BCUT2D eigenvalue weighted by Gasteiger charge is -2.21. The topological polar surface area (TPSA) is 78.9 Å². The molecule has 120 valence electrons. The van der Waals surface area contributed by atoms with Crippen molar-refractivity contribution in [1.29, 1.82) is 0 Å². The van der Waals surface area contributed by atoms with Crippen LogP contribution in [0.3, 0.4) is 0 Å². The van der Waals surface area contributed by atoms with E-state index in [0.29, 0.717) is 17.1 Å². The molecule has 0 N–H and O–H groups in total. The summed E-state index contributed by atoms with van der Waals surface area (Å²) in [7, 11) is 4.46. The fourth-order valence-electron chi connectivity index (χ4n) is 2.17. The molecule has 0 aliphatic rings. The lowest BCUT2D eigenvalue weighted by molar-refractivity contribution is -0.254. The molecule has 2 aromatic carbocycles. The van der Waals surface area contributed by atoms with Gasteiger partial charge >= 0.3 is 0 Å². The molecule has 0 bridgehead atoms. The van der Waals surface area contributed by atoms with E-state index < -0.39 is 11.9 Å². The van der Waals surface area contributed by atoms with Gasteiger partial charge in [-0.3, -0.25) is 4.79 Å². The molecule has 0 saturated carbocycles. The number of carboxylic acids is 1. The van der Waals surface area contributed by atoms with Gasteiger partial charge in [-0.25, -0.2) is 0 Å². The number of aromatic carboxylic acids is 1. The second-order valence-corrected chi connectivity index (χ2v) is 4.77. The van der Waals surface area contributed by atoms with Gasteiger partial charge in [0.25, 0.3) is 5.91 Å². The molecule has 0 aliphatic carbocycles. The molecule has 6 nitrogen and oxygen atoms in total. The van der Waals surface area contributed by atoms with Gasteiger partial charge in [-0.05, 0) is 18.2 Å². The van der Waals surface area contributed by atoms with Gasteiger partial charge in [0.2, 0.25) is 0 Å². The quantitative estimate of drug-likeness (QED) is 0.832. The second-order valence-electron chi connectivity index (χ2n) is 4.77. The highest BCUT2D eigenvalue weighted by Crippen LogP contribution is 2.26. The highest BCUT2D eigenvalue weighted by molar-refractivity contribution is 6.09. The van der Waals surface area contributed by atoms with E-state index in [1.54, 1.807) is 36.4 Å². The first kappa shape index (κ1) is 16.4. The Morgan fingerprint density at radius 1 is 1.00 bits per heavy atom. The van der Waals surface area contributed by atoms with Crippen molar-refractivity contribution in [2.45, 2.75) is 0 Å². The number of rotatable bonds is 5. The molecule has 6 heteroatoms. The first-order chi connectivity index (χ1) is 11.0. The number of hydrogen-bond acceptors (Lipinski definition) is 5. The Kier molecular flexibility index (Phi) is 4.85. The molecular formula is C17H16NO5-. The standard InChI is InChI=1S/C17H17NO5/c1-18(15-7-5-4-6-14(15)17(20)21)16(19)11-8-12(22-2)10-13(9-11)23-3/h4-10H,1-3H3,(H,20,21)/p-1. The van der Waals surface area contributed by atoms with Crippen molar-refractivity contribution in [1.82, 2.24) is 0 Å². The van der Waals surface area contributed by atoms with Crippen LogP contribution in [0.5, 0.6) is 11.5 Å². The van der Waals surface area contributed by atoms with Crippen LogP contribution in [0.25, 0.3) is 0 Å². The maximum atomic E-state index is 12.7. The SMILES string of the molecule is COc1cc(OC)cc(C(=O)N(C)c2ccccc2C(=O)[O-])c1. The van der Waals surface area contributed by atoms with Crippen LogP contribution in [0.1, 0.15) is 20.7 Å². The maximum Gasteiger partial charge on any atom is 0.258 e. The van der Waals surface area contributed by atoms with Gasteiger partial charge in [-0.1, -0.05) is 18.2 Å². The minimum Gasteiger partial charge on any atom is -0.545 e. The summed E-state index contributed by atoms with van der Waals surface area (Å²) in [6.07, 6.45) is 0. The molecule has 0 aliphatic heterocycles. The number of methoxy groups -OCH3 is 2. The normalized spacial score (nSPS) is 10.0. The van der Waals surface area contributed by atoms with Crippen LogP contribution in [0.15, 0.2) is 42.5 Å². The summed E-state index contributed by atoms with van der Waals surface area (Å²) in [4.78, 5) is 25.1. The van der Waals surface area contributed by atoms with Gasteiger partial charge in [-0.15, -0.1) is 0 Å². The van der Waals surface area contributed by atoms with Gasteiger partial charge in [0.1, 0.15) is 11.5 Å². The molecule has 0 heterocycles. The summed E-state index contributed by atoms with van der Waals surface area (Å²) in [6.45, 7) is 0. The summed E-state index contributed by atoms with van der Waals surface area (Å²) in [5.74, 6) is -0.803. The summed E-state index contributed by atoms with van der Waals surface area (Å²) in [5.41, 5.74) is 0.509. The molecule has 0 unspecified atom stereocenters. The number of carbonyl (C=O) groups excluding carboxylic acids is 2. The first-order valence-corrected chi connectivity index (χ1v) is 6.79. The lowest BCUT2D eigenvalue weighted by Crippen LogP contribution is -2.31. The fraction of sp³-hybridized carbons (Fsp3) is 0.176. The summed E-state index contributed by atoms with van der Waals surface area (Å²) in [5, 5.41) is 11.2. The molecule has 1 amide bonds. The largest absolute Gasteiger partial charge is 0.545 e. The number of hydrogen-bond donors (Lipinski definition) is 0. The highest BCUT2D eigenvalue weighted by Gasteiger charge is 2.18. The summed E-state index contributed by atoms with van der Waals surface area (Å²) >= 11 is 0. The molecule has 0 radical (unpaired) electrons. The van der Waals surface area contributed by atoms with Gasteiger partial charge in [-0.2, -0.15) is 0 Å².